The van der Waals surface area contributed by atoms with Gasteiger partial charge in [-0.15, -0.1) is 0 Å². The predicted molar refractivity (Wildman–Crippen MR) is 128 cm³/mol. The molecule has 22 heteroatoms. The second-order valence-corrected chi connectivity index (χ2v) is 12.2. The maximum absolute atomic E-state index is 12.9. The van der Waals surface area contributed by atoms with Gasteiger partial charge in [-0.05, 0) is 48.9 Å². The number of carbonyl (C=O) groups is 1. The number of nitrogens with zero attached hydrogens (tertiary/aromatic N) is 2. The molecule has 0 fully saturated rings. The van der Waals surface area contributed by atoms with Crippen molar-refractivity contribution < 1.29 is 72.4 Å². The van der Waals surface area contributed by atoms with Crippen molar-refractivity contribution in [3.63, 3.8) is 0 Å². The molecule has 0 unspecified atom stereocenters. The fourth-order valence-corrected chi connectivity index (χ4v) is 4.94. The van der Waals surface area contributed by atoms with E-state index >= 15 is 0 Å². The van der Waals surface area contributed by atoms with Crippen LogP contribution in [0.25, 0.3) is 0 Å². The van der Waals surface area contributed by atoms with E-state index < -0.39 is 96.2 Å². The standard InChI is InChI=1S/C22H12F6N2O12S2/c1-10-6-17(41-15-4-2-11(8-13(15)29(33)34)43(37,38)21(23,24)25)19(20(31)32)18(7-10)42-16-5-3-12(9-14(16)30(35)36)44(39,40)22(26,27)28/h2-9H,1H3,(H,31,32)/p-1. The van der Waals surface area contributed by atoms with Crippen LogP contribution in [0, 0.1) is 27.2 Å². The predicted octanol–water partition coefficient (Wildman–Crippen LogP) is 4.35. The maximum atomic E-state index is 12.9. The highest BCUT2D eigenvalue weighted by Crippen LogP contribution is 2.43. The Bertz CT molecular complexity index is 1800. The van der Waals surface area contributed by atoms with Crippen LogP contribution in [-0.4, -0.2) is 43.7 Å². The molecular weight excluding hydrogens is 662 g/mol. The first-order valence-corrected chi connectivity index (χ1v) is 13.9. The first-order valence-electron chi connectivity index (χ1n) is 10.9. The highest BCUT2D eigenvalue weighted by molar-refractivity contribution is 7.92. The van der Waals surface area contributed by atoms with Crippen molar-refractivity contribution in [2.75, 3.05) is 0 Å². The second-order valence-electron chi connectivity index (χ2n) is 8.30. The fourth-order valence-electron chi connectivity index (χ4n) is 3.37. The Labute approximate surface area is 240 Å². The van der Waals surface area contributed by atoms with Gasteiger partial charge in [0.1, 0.15) is 11.5 Å². The second kappa shape index (κ2) is 11.3. The summed E-state index contributed by atoms with van der Waals surface area (Å²) in [4.78, 5) is 29.2. The van der Waals surface area contributed by atoms with Gasteiger partial charge in [-0.1, -0.05) is 0 Å². The summed E-state index contributed by atoms with van der Waals surface area (Å²) in [5.41, 5.74) is -15.6. The molecule has 0 saturated heterocycles. The van der Waals surface area contributed by atoms with Crippen molar-refractivity contribution in [3.8, 4) is 23.0 Å². The first kappa shape index (κ1) is 33.5. The largest absolute Gasteiger partial charge is 0.545 e. The fraction of sp³-hybridized carbons (Fsp3) is 0.136. The molecule has 0 aliphatic rings. The number of hydrogen-bond acceptors (Lipinski definition) is 12. The van der Waals surface area contributed by atoms with E-state index in [1.54, 1.807) is 0 Å². The van der Waals surface area contributed by atoms with Gasteiger partial charge in [-0.25, -0.2) is 16.8 Å². The number of hydrogen-bond donors (Lipinski definition) is 0. The van der Waals surface area contributed by atoms with Crippen molar-refractivity contribution in [1.29, 1.82) is 0 Å². The van der Waals surface area contributed by atoms with Crippen molar-refractivity contribution in [1.82, 2.24) is 0 Å². The summed E-state index contributed by atoms with van der Waals surface area (Å²) in [5, 5.41) is 35.0. The number of nitro benzene ring substituents is 2. The molecular formula is C22H11F6N2O12S2-. The van der Waals surface area contributed by atoms with E-state index in [2.05, 4.69) is 0 Å². The van der Waals surface area contributed by atoms with Crippen LogP contribution in [0.1, 0.15) is 15.9 Å². The number of ether oxygens (including phenoxy) is 2. The molecule has 0 aliphatic heterocycles. The number of nitro groups is 2. The average Bonchev–Trinajstić information content (AvgIpc) is 2.86. The van der Waals surface area contributed by atoms with E-state index in [1.807, 2.05) is 0 Å². The molecule has 0 heterocycles. The third-order valence-electron chi connectivity index (χ3n) is 5.34. The van der Waals surface area contributed by atoms with E-state index in [-0.39, 0.29) is 29.8 Å². The van der Waals surface area contributed by atoms with E-state index in [0.29, 0.717) is 12.1 Å². The molecule has 14 nitrogen and oxygen atoms in total. The molecule has 0 N–H and O–H groups in total. The number of aromatic carboxylic acids is 1. The Hall–Kier alpha value is -4.99. The van der Waals surface area contributed by atoms with Crippen LogP contribution < -0.4 is 14.6 Å². The number of alkyl halides is 6. The van der Waals surface area contributed by atoms with Crippen LogP contribution in [0.2, 0.25) is 0 Å². The SMILES string of the molecule is Cc1cc(Oc2ccc(S(=O)(=O)C(F)(F)F)cc2[N+](=O)[O-])c(C(=O)[O-])c(Oc2ccc(S(=O)(=O)C(F)(F)F)cc2[N+](=O)[O-])c1. The summed E-state index contributed by atoms with van der Waals surface area (Å²) in [6, 6.07) is 3.11. The van der Waals surface area contributed by atoms with E-state index in [0.717, 1.165) is 12.1 Å². The lowest BCUT2D eigenvalue weighted by Crippen LogP contribution is -2.24. The van der Waals surface area contributed by atoms with Gasteiger partial charge in [0, 0.05) is 12.1 Å². The number of carboxylic acid groups (broad SMARTS) is 1. The zero-order valence-electron chi connectivity index (χ0n) is 21.0. The molecule has 0 atom stereocenters. The van der Waals surface area contributed by atoms with Gasteiger partial charge in [0.05, 0.1) is 31.2 Å². The monoisotopic (exact) mass is 673 g/mol. The molecule has 3 aromatic rings. The summed E-state index contributed by atoms with van der Waals surface area (Å²) in [6.07, 6.45) is 0. The van der Waals surface area contributed by atoms with E-state index in [1.165, 1.54) is 6.92 Å². The average molecular weight is 673 g/mol. The molecule has 0 bridgehead atoms. The topological polar surface area (TPSA) is 213 Å². The van der Waals surface area contributed by atoms with Crippen LogP contribution in [-0.2, 0) is 19.7 Å². The molecule has 0 radical (unpaired) electrons. The Morgan fingerprint density at radius 2 is 1.02 bits per heavy atom. The van der Waals surface area contributed by atoms with Crippen molar-refractivity contribution in [3.05, 3.63) is 79.9 Å². The molecule has 3 aromatic carbocycles. The van der Waals surface area contributed by atoms with Crippen LogP contribution in [0.4, 0.5) is 37.7 Å². The maximum Gasteiger partial charge on any atom is 0.501 e. The molecule has 0 aliphatic carbocycles. The van der Waals surface area contributed by atoms with Gasteiger partial charge in [0.25, 0.3) is 19.7 Å². The molecule has 0 saturated carbocycles. The van der Waals surface area contributed by atoms with Crippen LogP contribution in [0.15, 0.2) is 58.3 Å². The number of carbonyl (C=O) groups excluding carboxylic acids is 1. The summed E-state index contributed by atoms with van der Waals surface area (Å²) >= 11 is 0. The summed E-state index contributed by atoms with van der Waals surface area (Å²) in [7, 11) is -12.1. The number of sulfone groups is 2. The zero-order valence-corrected chi connectivity index (χ0v) is 22.6. The van der Waals surface area contributed by atoms with Crippen molar-refractivity contribution in [2.24, 2.45) is 0 Å². The van der Waals surface area contributed by atoms with Crippen LogP contribution in [0.3, 0.4) is 0 Å². The first-order chi connectivity index (χ1) is 20.0. The molecule has 0 amide bonds. The lowest BCUT2D eigenvalue weighted by Gasteiger charge is -2.18. The highest BCUT2D eigenvalue weighted by atomic mass is 32.2. The highest BCUT2D eigenvalue weighted by Gasteiger charge is 2.48. The summed E-state index contributed by atoms with van der Waals surface area (Å²) < 4.78 is 135. The minimum absolute atomic E-state index is 0.00200. The molecule has 236 valence electrons. The normalized spacial score (nSPS) is 12.4. The van der Waals surface area contributed by atoms with Gasteiger partial charge < -0.3 is 19.4 Å². The van der Waals surface area contributed by atoms with E-state index in [4.69, 9.17) is 9.47 Å². The van der Waals surface area contributed by atoms with Gasteiger partial charge in [0.2, 0.25) is 11.5 Å². The minimum Gasteiger partial charge on any atom is -0.545 e. The Morgan fingerprint density at radius 1 is 0.682 bits per heavy atom. The summed E-state index contributed by atoms with van der Waals surface area (Å²) in [5.74, 6) is -5.90. The Kier molecular flexibility index (Phi) is 8.57. The molecule has 0 aromatic heterocycles. The zero-order chi connectivity index (χ0) is 33.6. The number of carboxylic acids is 1. The quantitative estimate of drug-likeness (QED) is 0.176. The minimum atomic E-state index is -6.06. The number of halogens is 6. The molecule has 0 spiro atoms. The van der Waals surface area contributed by atoms with E-state index in [9.17, 15) is 73.3 Å². The Morgan fingerprint density at radius 3 is 1.30 bits per heavy atom. The smallest absolute Gasteiger partial charge is 0.501 e. The van der Waals surface area contributed by atoms with Crippen LogP contribution in [0.5, 0.6) is 23.0 Å². The molecule has 44 heavy (non-hydrogen) atoms. The van der Waals surface area contributed by atoms with Crippen molar-refractivity contribution in [2.45, 2.75) is 27.7 Å². The Balaban J connectivity index is 2.17. The third kappa shape index (κ3) is 6.34. The lowest BCUT2D eigenvalue weighted by atomic mass is 10.1. The number of rotatable bonds is 9. The van der Waals surface area contributed by atoms with Gasteiger partial charge in [-0.2, -0.15) is 26.3 Å². The number of aryl methyl sites for hydroxylation is 1. The van der Waals surface area contributed by atoms with Crippen molar-refractivity contribution >= 4 is 37.0 Å². The lowest BCUT2D eigenvalue weighted by molar-refractivity contribution is -0.385. The number of benzene rings is 3. The van der Waals surface area contributed by atoms with Gasteiger partial charge in [-0.3, -0.25) is 20.2 Å². The van der Waals surface area contributed by atoms with Gasteiger partial charge in [0.15, 0.2) is 0 Å². The van der Waals surface area contributed by atoms with Crippen LogP contribution >= 0.6 is 0 Å². The summed E-state index contributed by atoms with van der Waals surface area (Å²) in [6.45, 7) is 1.24. The van der Waals surface area contributed by atoms with Gasteiger partial charge >= 0.3 is 22.4 Å². The third-order valence-corrected chi connectivity index (χ3v) is 8.31. The molecule has 3 rings (SSSR count).